The SMILES string of the molecule is Cc1cc(-c2ccc(OC(F)(F)F)cc2)ccc1N(Cc1ccc(C(C)(C)C)cc1)C(=O)C(=O)O. The minimum atomic E-state index is -4.77. The first-order valence-corrected chi connectivity index (χ1v) is 10.9. The monoisotopic (exact) mass is 485 g/mol. The summed E-state index contributed by atoms with van der Waals surface area (Å²) in [5, 5.41) is 9.39. The highest BCUT2D eigenvalue weighted by molar-refractivity contribution is 6.37. The number of carboxylic acid groups (broad SMARTS) is 1. The average molecular weight is 486 g/mol. The Morgan fingerprint density at radius 1 is 0.886 bits per heavy atom. The molecule has 5 nitrogen and oxygen atoms in total. The average Bonchev–Trinajstić information content (AvgIpc) is 2.76. The van der Waals surface area contributed by atoms with E-state index in [1.165, 1.54) is 29.2 Å². The van der Waals surface area contributed by atoms with Crippen molar-refractivity contribution < 1.29 is 32.6 Å². The largest absolute Gasteiger partial charge is 0.573 e. The number of carboxylic acids is 1. The Morgan fingerprint density at radius 3 is 1.94 bits per heavy atom. The highest BCUT2D eigenvalue weighted by Gasteiger charge is 2.31. The predicted octanol–water partition coefficient (Wildman–Crippen LogP) is 6.48. The van der Waals surface area contributed by atoms with Gasteiger partial charge in [0.15, 0.2) is 0 Å². The van der Waals surface area contributed by atoms with Gasteiger partial charge in [-0.15, -0.1) is 13.2 Å². The molecule has 0 aromatic heterocycles. The lowest BCUT2D eigenvalue weighted by atomic mass is 9.87. The molecule has 0 spiro atoms. The molecular weight excluding hydrogens is 459 g/mol. The minimum absolute atomic E-state index is 0.0431. The molecule has 3 aromatic rings. The van der Waals surface area contributed by atoms with Crippen LogP contribution in [-0.2, 0) is 21.5 Å². The third-order valence-corrected chi connectivity index (χ3v) is 5.50. The highest BCUT2D eigenvalue weighted by Crippen LogP contribution is 2.31. The van der Waals surface area contributed by atoms with Crippen LogP contribution < -0.4 is 9.64 Å². The van der Waals surface area contributed by atoms with Gasteiger partial charge >= 0.3 is 18.2 Å². The zero-order valence-electron chi connectivity index (χ0n) is 19.8. The minimum Gasteiger partial charge on any atom is -0.474 e. The van der Waals surface area contributed by atoms with E-state index < -0.39 is 18.2 Å². The number of aryl methyl sites for hydroxylation is 1. The molecule has 0 saturated heterocycles. The van der Waals surface area contributed by atoms with Crippen LogP contribution in [0.25, 0.3) is 11.1 Å². The number of halogens is 3. The van der Waals surface area contributed by atoms with Crippen LogP contribution in [0.5, 0.6) is 5.75 Å². The van der Waals surface area contributed by atoms with Crippen LogP contribution in [-0.4, -0.2) is 23.3 Å². The van der Waals surface area contributed by atoms with Gasteiger partial charge in [0.1, 0.15) is 5.75 Å². The van der Waals surface area contributed by atoms with Gasteiger partial charge in [0, 0.05) is 5.69 Å². The third kappa shape index (κ3) is 6.62. The van der Waals surface area contributed by atoms with Gasteiger partial charge in [-0.05, 0) is 64.4 Å². The van der Waals surface area contributed by atoms with E-state index in [2.05, 4.69) is 25.5 Å². The molecule has 0 saturated carbocycles. The van der Waals surface area contributed by atoms with Gasteiger partial charge in [-0.2, -0.15) is 0 Å². The van der Waals surface area contributed by atoms with Crippen LogP contribution in [0.4, 0.5) is 18.9 Å². The number of hydrogen-bond acceptors (Lipinski definition) is 3. The van der Waals surface area contributed by atoms with Gasteiger partial charge in [-0.3, -0.25) is 9.69 Å². The lowest BCUT2D eigenvalue weighted by Gasteiger charge is -2.24. The lowest BCUT2D eigenvalue weighted by molar-refractivity contribution is -0.274. The maximum absolute atomic E-state index is 12.6. The molecule has 3 rings (SSSR count). The zero-order valence-corrected chi connectivity index (χ0v) is 19.8. The molecule has 0 aliphatic heterocycles. The number of hydrogen-bond donors (Lipinski definition) is 1. The van der Waals surface area contributed by atoms with E-state index in [1.807, 2.05) is 24.3 Å². The van der Waals surface area contributed by atoms with Crippen molar-refractivity contribution in [2.45, 2.75) is 46.0 Å². The molecule has 0 bridgehead atoms. The predicted molar refractivity (Wildman–Crippen MR) is 127 cm³/mol. The van der Waals surface area contributed by atoms with Gasteiger partial charge in [0.25, 0.3) is 0 Å². The first-order valence-electron chi connectivity index (χ1n) is 10.9. The molecule has 8 heteroatoms. The number of carbonyl (C=O) groups excluding carboxylic acids is 1. The van der Waals surface area contributed by atoms with E-state index in [1.54, 1.807) is 25.1 Å². The fourth-order valence-corrected chi connectivity index (χ4v) is 3.66. The van der Waals surface area contributed by atoms with Crippen molar-refractivity contribution >= 4 is 17.6 Å². The molecule has 1 amide bonds. The summed E-state index contributed by atoms with van der Waals surface area (Å²) in [5.41, 5.74) is 4.25. The summed E-state index contributed by atoms with van der Waals surface area (Å²) in [5.74, 6) is -2.96. The normalized spacial score (nSPS) is 11.7. The summed E-state index contributed by atoms with van der Waals surface area (Å²) >= 11 is 0. The Bertz CT molecular complexity index is 1210. The number of aliphatic carboxylic acids is 1. The molecular formula is C27H26F3NO4. The number of carbonyl (C=O) groups is 2. The van der Waals surface area contributed by atoms with Gasteiger partial charge in [-0.25, -0.2) is 4.79 Å². The van der Waals surface area contributed by atoms with Crippen LogP contribution in [0.15, 0.2) is 66.7 Å². The second kappa shape index (κ2) is 9.82. The van der Waals surface area contributed by atoms with Crippen molar-refractivity contribution in [3.05, 3.63) is 83.4 Å². The van der Waals surface area contributed by atoms with E-state index in [0.29, 0.717) is 22.4 Å². The standard InChI is InChI=1S/C27H26F3NO4/c1-17-15-20(19-7-12-22(13-8-19)35-27(28,29)30)9-14-23(17)31(24(32)25(33)34)16-18-5-10-21(11-6-18)26(2,3)4/h5-15H,16H2,1-4H3,(H,33,34). The smallest absolute Gasteiger partial charge is 0.474 e. The summed E-state index contributed by atoms with van der Waals surface area (Å²) in [7, 11) is 0. The molecule has 0 radical (unpaired) electrons. The van der Waals surface area contributed by atoms with Crippen LogP contribution in [0.3, 0.4) is 0 Å². The fourth-order valence-electron chi connectivity index (χ4n) is 3.66. The molecule has 0 heterocycles. The van der Waals surface area contributed by atoms with Gasteiger partial charge in [-0.1, -0.05) is 63.2 Å². The maximum Gasteiger partial charge on any atom is 0.573 e. The highest BCUT2D eigenvalue weighted by atomic mass is 19.4. The molecule has 35 heavy (non-hydrogen) atoms. The van der Waals surface area contributed by atoms with Crippen molar-refractivity contribution in [3.63, 3.8) is 0 Å². The maximum atomic E-state index is 12.6. The summed E-state index contributed by atoms with van der Waals surface area (Å²) in [6, 6.07) is 18.2. The van der Waals surface area contributed by atoms with Crippen LogP contribution in [0.2, 0.25) is 0 Å². The molecule has 0 aliphatic carbocycles. The van der Waals surface area contributed by atoms with Crippen molar-refractivity contribution in [1.82, 2.24) is 0 Å². The van der Waals surface area contributed by atoms with Crippen molar-refractivity contribution in [3.8, 4) is 16.9 Å². The van der Waals surface area contributed by atoms with Gasteiger partial charge in [0.2, 0.25) is 0 Å². The summed E-state index contributed by atoms with van der Waals surface area (Å²) in [4.78, 5) is 25.3. The first-order chi connectivity index (χ1) is 16.2. The number of amides is 1. The Labute approximate surface area is 201 Å². The van der Waals surface area contributed by atoms with E-state index in [4.69, 9.17) is 0 Å². The van der Waals surface area contributed by atoms with Crippen molar-refractivity contribution in [2.24, 2.45) is 0 Å². The third-order valence-electron chi connectivity index (χ3n) is 5.50. The van der Waals surface area contributed by atoms with E-state index in [0.717, 1.165) is 11.1 Å². The first kappa shape index (κ1) is 25.8. The number of rotatable bonds is 5. The Hall–Kier alpha value is -3.81. The van der Waals surface area contributed by atoms with Crippen LogP contribution in [0.1, 0.15) is 37.5 Å². The van der Waals surface area contributed by atoms with Gasteiger partial charge in [0.05, 0.1) is 6.54 Å². The number of alkyl halides is 3. The summed E-state index contributed by atoms with van der Waals surface area (Å²) < 4.78 is 41.1. The number of benzene rings is 3. The topological polar surface area (TPSA) is 66.8 Å². The molecule has 0 aliphatic rings. The molecule has 0 atom stereocenters. The zero-order chi connectivity index (χ0) is 26.0. The number of ether oxygens (including phenoxy) is 1. The molecule has 184 valence electrons. The summed E-state index contributed by atoms with van der Waals surface area (Å²) in [6.07, 6.45) is -4.77. The van der Waals surface area contributed by atoms with Gasteiger partial charge < -0.3 is 9.84 Å². The Kier molecular flexibility index (Phi) is 7.24. The lowest BCUT2D eigenvalue weighted by Crippen LogP contribution is -2.36. The molecule has 1 N–H and O–H groups in total. The van der Waals surface area contributed by atoms with E-state index in [9.17, 15) is 27.9 Å². The second-order valence-corrected chi connectivity index (χ2v) is 9.22. The van der Waals surface area contributed by atoms with Crippen molar-refractivity contribution in [1.29, 1.82) is 0 Å². The van der Waals surface area contributed by atoms with Crippen LogP contribution >= 0.6 is 0 Å². The molecule has 3 aromatic carbocycles. The fraction of sp³-hybridized carbons (Fsp3) is 0.259. The Morgan fingerprint density at radius 2 is 1.46 bits per heavy atom. The molecule has 0 unspecified atom stereocenters. The number of anilines is 1. The second-order valence-electron chi connectivity index (χ2n) is 9.22. The quantitative estimate of drug-likeness (QED) is 0.420. The van der Waals surface area contributed by atoms with Crippen molar-refractivity contribution in [2.75, 3.05) is 4.90 Å². The van der Waals surface area contributed by atoms with E-state index in [-0.39, 0.29) is 17.7 Å². The molecule has 0 fully saturated rings. The summed E-state index contributed by atoms with van der Waals surface area (Å²) in [6.45, 7) is 8.07. The Balaban J connectivity index is 1.89. The number of nitrogens with zero attached hydrogens (tertiary/aromatic N) is 1. The van der Waals surface area contributed by atoms with E-state index >= 15 is 0 Å². The van der Waals surface area contributed by atoms with Crippen LogP contribution in [0, 0.1) is 6.92 Å².